The van der Waals surface area contributed by atoms with Crippen LogP contribution in [0.15, 0.2) is 82.9 Å². The van der Waals surface area contributed by atoms with Crippen molar-refractivity contribution >= 4 is 62.9 Å². The van der Waals surface area contributed by atoms with Crippen molar-refractivity contribution in [2.24, 2.45) is 11.8 Å². The van der Waals surface area contributed by atoms with Gasteiger partial charge in [-0.1, -0.05) is 12.1 Å². The number of carboxylic acid groups (broad SMARTS) is 2. The number of carboxylic acids is 2. The van der Waals surface area contributed by atoms with Gasteiger partial charge in [0.2, 0.25) is 28.5 Å². The Hall–Kier alpha value is -7.81. The van der Waals surface area contributed by atoms with Crippen LogP contribution in [0.1, 0.15) is 72.3 Å². The highest BCUT2D eigenvalue weighted by Gasteiger charge is 2.34. The average molecular weight is 953 g/mol. The molecule has 0 spiro atoms. The number of carbonyl (C=O) groups excluding carboxylic acids is 2. The van der Waals surface area contributed by atoms with Crippen LogP contribution in [-0.4, -0.2) is 92.5 Å². The molecule has 4 atom stereocenters. The van der Waals surface area contributed by atoms with Gasteiger partial charge >= 0.3 is 11.9 Å². The zero-order valence-electron chi connectivity index (χ0n) is 37.3. The van der Waals surface area contributed by atoms with Gasteiger partial charge in [0.05, 0.1) is 33.9 Å². The maximum Gasteiger partial charge on any atom is 0.341 e. The van der Waals surface area contributed by atoms with E-state index in [0.29, 0.717) is 55.1 Å². The first-order valence-electron chi connectivity index (χ1n) is 22.2. The number of amides is 2. The molecular formula is C48H47F3N8O10. The Morgan fingerprint density at radius 1 is 0.739 bits per heavy atom. The molecule has 0 unspecified atom stereocenters. The summed E-state index contributed by atoms with van der Waals surface area (Å²) in [4.78, 5) is 81.4. The van der Waals surface area contributed by atoms with Crippen molar-refractivity contribution in [1.29, 1.82) is 0 Å². The molecule has 2 aromatic carbocycles. The number of benzene rings is 2. The highest BCUT2D eigenvalue weighted by molar-refractivity contribution is 5.98. The van der Waals surface area contributed by atoms with Crippen LogP contribution in [0.2, 0.25) is 0 Å². The summed E-state index contributed by atoms with van der Waals surface area (Å²) in [5, 5.41) is 27.0. The van der Waals surface area contributed by atoms with Gasteiger partial charge in [0.15, 0.2) is 23.1 Å². The van der Waals surface area contributed by atoms with Gasteiger partial charge in [-0.2, -0.15) is 4.39 Å². The molecule has 21 heteroatoms. The number of anilines is 3. The van der Waals surface area contributed by atoms with Crippen LogP contribution in [0.3, 0.4) is 0 Å². The van der Waals surface area contributed by atoms with Crippen molar-refractivity contribution in [2.45, 2.75) is 51.6 Å². The van der Waals surface area contributed by atoms with Gasteiger partial charge in [-0.15, -0.1) is 0 Å². The molecule has 6 aromatic rings. The maximum absolute atomic E-state index is 15.4. The molecule has 10 rings (SSSR count). The highest BCUT2D eigenvalue weighted by Crippen LogP contribution is 2.44. The number of pyridine rings is 4. The summed E-state index contributed by atoms with van der Waals surface area (Å²) in [6, 6.07) is 12.0. The van der Waals surface area contributed by atoms with E-state index in [2.05, 4.69) is 25.9 Å². The lowest BCUT2D eigenvalue weighted by Crippen LogP contribution is -2.29. The Labute approximate surface area is 390 Å². The van der Waals surface area contributed by atoms with Crippen molar-refractivity contribution in [1.82, 2.24) is 24.4 Å². The van der Waals surface area contributed by atoms with Crippen molar-refractivity contribution in [3.8, 4) is 11.5 Å². The third-order valence-corrected chi connectivity index (χ3v) is 12.3. The number of hydrogen-bond donors (Lipinski definition) is 5. The Balaban J connectivity index is 0.000000155. The van der Waals surface area contributed by atoms with Gasteiger partial charge in [-0.05, 0) is 88.0 Å². The van der Waals surface area contributed by atoms with E-state index in [1.807, 2.05) is 24.0 Å². The van der Waals surface area contributed by atoms with Crippen LogP contribution in [0.4, 0.5) is 30.5 Å². The zero-order chi connectivity index (χ0) is 49.1. The molecule has 2 saturated heterocycles. The number of nitrogens with one attached hydrogen (secondary N) is 3. The van der Waals surface area contributed by atoms with Crippen LogP contribution in [-0.2, 0) is 9.59 Å². The quantitative estimate of drug-likeness (QED) is 0.112. The topological polar surface area (TPSA) is 236 Å². The third-order valence-electron chi connectivity index (χ3n) is 12.3. The normalized spacial score (nSPS) is 18.8. The van der Waals surface area contributed by atoms with E-state index in [9.17, 15) is 42.7 Å². The van der Waals surface area contributed by atoms with Crippen molar-refractivity contribution in [3.63, 3.8) is 0 Å². The number of aromatic carboxylic acids is 2. The van der Waals surface area contributed by atoms with Gasteiger partial charge in [0, 0.05) is 50.7 Å². The number of hydrogen-bond acceptors (Lipinski definition) is 12. The lowest BCUT2D eigenvalue weighted by atomic mass is 10.0. The van der Waals surface area contributed by atoms with E-state index in [4.69, 9.17) is 14.6 Å². The SMILES string of the molecule is C[C@H]1COc2c(F)c(F)cc3c(=O)c(C(=O)O)cn1c23.C[C@H]1COc2c(N3CC[C@@H](CC(=O)Nc4ccccn4)C3)c(F)cc3c(=O)c(C(=O)O)cn1c23.O=C(C[C@@H]1CCNC1)Nc1ccccn1. The number of aromatic nitrogens is 4. The molecule has 2 amide bonds. The van der Waals surface area contributed by atoms with Crippen LogP contribution >= 0.6 is 0 Å². The van der Waals surface area contributed by atoms with Crippen LogP contribution in [0, 0.1) is 29.3 Å². The van der Waals surface area contributed by atoms with Crippen molar-refractivity contribution in [2.75, 3.05) is 54.9 Å². The fraction of sp³-hybridized carbons (Fsp3) is 0.333. The highest BCUT2D eigenvalue weighted by atomic mass is 19.2. The van der Waals surface area contributed by atoms with Gasteiger partial charge in [-0.25, -0.2) is 28.3 Å². The van der Waals surface area contributed by atoms with E-state index in [-0.39, 0.29) is 82.9 Å². The summed E-state index contributed by atoms with van der Waals surface area (Å²) in [5.41, 5.74) is -1.78. The van der Waals surface area contributed by atoms with Gasteiger partial charge in [0.1, 0.15) is 41.7 Å². The van der Waals surface area contributed by atoms with Crippen LogP contribution < -0.4 is 41.2 Å². The molecule has 4 aliphatic rings. The summed E-state index contributed by atoms with van der Waals surface area (Å²) in [6.07, 6.45) is 8.35. The van der Waals surface area contributed by atoms with Crippen molar-refractivity contribution in [3.05, 3.63) is 122 Å². The van der Waals surface area contributed by atoms with E-state index in [1.165, 1.54) is 10.8 Å². The molecule has 2 fully saturated rings. The predicted molar refractivity (Wildman–Crippen MR) is 247 cm³/mol. The fourth-order valence-electron chi connectivity index (χ4n) is 8.88. The summed E-state index contributed by atoms with van der Waals surface area (Å²) < 4.78 is 56.8. The summed E-state index contributed by atoms with van der Waals surface area (Å²) >= 11 is 0. The number of ether oxygens (including phenoxy) is 2. The number of carbonyl (C=O) groups is 4. The summed E-state index contributed by atoms with van der Waals surface area (Å²) in [5.74, 6) is -4.46. The smallest absolute Gasteiger partial charge is 0.341 e. The van der Waals surface area contributed by atoms with E-state index in [1.54, 1.807) is 48.1 Å². The molecule has 4 aliphatic heterocycles. The molecule has 69 heavy (non-hydrogen) atoms. The van der Waals surface area contributed by atoms with Gasteiger partial charge in [0.25, 0.3) is 0 Å². The average Bonchev–Trinajstić information content (AvgIpc) is 4.01. The zero-order valence-corrected chi connectivity index (χ0v) is 37.3. The molecule has 360 valence electrons. The summed E-state index contributed by atoms with van der Waals surface area (Å²) in [7, 11) is 0. The van der Waals surface area contributed by atoms with Crippen LogP contribution in [0.25, 0.3) is 21.8 Å². The van der Waals surface area contributed by atoms with E-state index in [0.717, 1.165) is 31.8 Å². The monoisotopic (exact) mass is 952 g/mol. The van der Waals surface area contributed by atoms with Crippen molar-refractivity contribution < 1.29 is 52.0 Å². The molecular weight excluding hydrogens is 906 g/mol. The molecule has 0 radical (unpaired) electrons. The van der Waals surface area contributed by atoms with Crippen LogP contribution in [0.5, 0.6) is 11.5 Å². The Morgan fingerprint density at radius 3 is 1.77 bits per heavy atom. The Kier molecular flexibility index (Phi) is 14.0. The van der Waals surface area contributed by atoms with Gasteiger partial charge in [-0.3, -0.25) is 19.2 Å². The lowest BCUT2D eigenvalue weighted by molar-refractivity contribution is -0.117. The number of nitrogens with zero attached hydrogens (tertiary/aromatic N) is 5. The molecule has 0 aliphatic carbocycles. The molecule has 5 N–H and O–H groups in total. The second-order valence-electron chi connectivity index (χ2n) is 17.2. The first-order chi connectivity index (χ1) is 33.1. The molecule has 8 heterocycles. The molecule has 0 bridgehead atoms. The standard InChI is InChI=1S/C24H23FN4O5.C13H9F2NO4.C11H15N3O/c1-13-12-34-23-20-15(22(31)16(24(32)33)11-29(13)20)9-17(25)21(23)28-7-5-14(10-28)8-19(30)27-18-4-2-3-6-26-18;1-5-4-20-12-9(15)8(14)2-6-10(12)16(5)3-7(11(6)17)13(18)19;15-11(7-9-4-6-12-8-9)14-10-3-1-2-5-13-10/h2-4,6,9,11,13-14H,5,7-8,10,12H2,1H3,(H,32,33)(H,26,27,30);2-3,5H,4H2,1H3,(H,18,19);1-3,5,9,12H,4,6-8H2,(H,13,14,15)/t13-,14-;5-;9-/m000/s1. The number of halogens is 3. The predicted octanol–water partition coefficient (Wildman–Crippen LogP) is 5.99. The van der Waals surface area contributed by atoms with E-state index < -0.39 is 51.4 Å². The molecule has 4 aromatic heterocycles. The minimum Gasteiger partial charge on any atom is -0.487 e. The minimum absolute atomic E-state index is 0.00472. The van der Waals surface area contributed by atoms with Gasteiger partial charge < -0.3 is 49.7 Å². The second-order valence-corrected chi connectivity index (χ2v) is 17.2. The minimum atomic E-state index is -1.41. The molecule has 0 saturated carbocycles. The summed E-state index contributed by atoms with van der Waals surface area (Å²) in [6.45, 7) is 6.79. The largest absolute Gasteiger partial charge is 0.487 e. The Bertz CT molecular complexity index is 3090. The third kappa shape index (κ3) is 10.1. The molecule has 18 nitrogen and oxygen atoms in total. The first-order valence-corrected chi connectivity index (χ1v) is 22.2. The second kappa shape index (κ2) is 20.2. The number of rotatable bonds is 9. The maximum atomic E-state index is 15.4. The van der Waals surface area contributed by atoms with E-state index >= 15 is 4.39 Å². The lowest BCUT2D eigenvalue weighted by Gasteiger charge is -2.31. The first kappa shape index (κ1) is 47.7. The Morgan fingerprint density at radius 2 is 1.26 bits per heavy atom. The fourth-order valence-corrected chi connectivity index (χ4v) is 8.88.